The molecule has 0 aromatic carbocycles. The molecule has 0 aromatic heterocycles. The van der Waals surface area contributed by atoms with E-state index >= 15 is 0 Å². The van der Waals surface area contributed by atoms with Crippen LogP contribution in [0.3, 0.4) is 0 Å². The highest BCUT2D eigenvalue weighted by atomic mass is 35.5. The molecule has 1 saturated heterocycles. The van der Waals surface area contributed by atoms with Crippen LogP contribution in [0.5, 0.6) is 0 Å². The van der Waals surface area contributed by atoms with Crippen LogP contribution in [0.15, 0.2) is 0 Å². The Bertz CT molecular complexity index is 287. The Morgan fingerprint density at radius 1 is 1.38 bits per heavy atom. The molecule has 0 aromatic rings. The minimum Gasteiger partial charge on any atom is -0.306 e. The van der Waals surface area contributed by atoms with E-state index in [9.17, 15) is 8.42 Å². The van der Waals surface area contributed by atoms with Crippen LogP contribution in [0.25, 0.3) is 0 Å². The van der Waals surface area contributed by atoms with Crippen molar-refractivity contribution in [2.24, 2.45) is 5.92 Å². The Morgan fingerprint density at radius 2 is 2.00 bits per heavy atom. The average molecular weight is 269 g/mol. The molecule has 96 valence electrons. The molecule has 1 fully saturated rings. The quantitative estimate of drug-likeness (QED) is 0.728. The highest BCUT2D eigenvalue weighted by Crippen LogP contribution is 2.18. The first-order chi connectivity index (χ1) is 7.53. The molecule has 1 aliphatic heterocycles. The monoisotopic (exact) mass is 268 g/mol. The van der Waals surface area contributed by atoms with Gasteiger partial charge in [0.1, 0.15) is 0 Å². The Morgan fingerprint density at radius 3 is 2.56 bits per heavy atom. The van der Waals surface area contributed by atoms with Gasteiger partial charge in [-0.15, -0.1) is 11.6 Å². The fourth-order valence-electron chi connectivity index (χ4n) is 1.94. The van der Waals surface area contributed by atoms with Crippen molar-refractivity contribution in [1.82, 2.24) is 9.62 Å². The van der Waals surface area contributed by atoms with Gasteiger partial charge in [0, 0.05) is 12.4 Å². The average Bonchev–Trinajstić information content (AvgIpc) is 2.20. The lowest BCUT2D eigenvalue weighted by Gasteiger charge is -2.28. The minimum absolute atomic E-state index is 0.0158. The normalized spacial score (nSPS) is 20.1. The molecule has 0 atom stereocenters. The van der Waals surface area contributed by atoms with E-state index in [1.54, 1.807) is 0 Å². The maximum absolute atomic E-state index is 11.3. The van der Waals surface area contributed by atoms with Gasteiger partial charge in [-0.2, -0.15) is 0 Å². The SMILES string of the molecule is CN1CCC(CCNS(=O)(=O)CCCl)CC1. The van der Waals surface area contributed by atoms with E-state index in [2.05, 4.69) is 16.7 Å². The Labute approximate surface area is 103 Å². The molecule has 6 heteroatoms. The van der Waals surface area contributed by atoms with Gasteiger partial charge in [-0.05, 0) is 45.3 Å². The highest BCUT2D eigenvalue weighted by Gasteiger charge is 2.17. The number of rotatable bonds is 6. The van der Waals surface area contributed by atoms with Gasteiger partial charge in [0.2, 0.25) is 10.0 Å². The summed E-state index contributed by atoms with van der Waals surface area (Å²) >= 11 is 5.41. The summed E-state index contributed by atoms with van der Waals surface area (Å²) < 4.78 is 25.2. The molecule has 1 N–H and O–H groups in total. The molecule has 0 spiro atoms. The number of nitrogens with one attached hydrogen (secondary N) is 1. The summed E-state index contributed by atoms with van der Waals surface area (Å²) in [5.74, 6) is 0.834. The number of halogens is 1. The predicted molar refractivity (Wildman–Crippen MR) is 67.3 cm³/mol. The summed E-state index contributed by atoms with van der Waals surface area (Å²) in [4.78, 5) is 2.31. The summed E-state index contributed by atoms with van der Waals surface area (Å²) in [6.07, 6.45) is 3.29. The number of alkyl halides is 1. The van der Waals surface area contributed by atoms with E-state index in [-0.39, 0.29) is 11.6 Å². The zero-order valence-corrected chi connectivity index (χ0v) is 11.4. The fourth-order valence-corrected chi connectivity index (χ4v) is 3.33. The molecule has 1 rings (SSSR count). The lowest BCUT2D eigenvalue weighted by atomic mass is 9.94. The smallest absolute Gasteiger partial charge is 0.212 e. The van der Waals surface area contributed by atoms with Crippen molar-refractivity contribution in [1.29, 1.82) is 0 Å². The van der Waals surface area contributed by atoms with Crippen LogP contribution in [-0.4, -0.2) is 51.6 Å². The molecular formula is C10H21ClN2O2S. The fraction of sp³-hybridized carbons (Fsp3) is 1.00. The van der Waals surface area contributed by atoms with Crippen LogP contribution in [0.4, 0.5) is 0 Å². The van der Waals surface area contributed by atoms with Crippen molar-refractivity contribution < 1.29 is 8.42 Å². The van der Waals surface area contributed by atoms with Crippen LogP contribution in [-0.2, 0) is 10.0 Å². The second-order valence-electron chi connectivity index (χ2n) is 4.44. The summed E-state index contributed by atoms with van der Waals surface area (Å²) in [6.45, 7) is 2.80. The van der Waals surface area contributed by atoms with Crippen LogP contribution >= 0.6 is 11.6 Å². The Balaban J connectivity index is 2.16. The summed E-state index contributed by atoms with van der Waals surface area (Å²) in [5.41, 5.74) is 0. The van der Waals surface area contributed by atoms with Gasteiger partial charge in [-0.3, -0.25) is 0 Å². The molecular weight excluding hydrogens is 248 g/mol. The number of sulfonamides is 1. The van der Waals surface area contributed by atoms with Crippen LogP contribution < -0.4 is 4.72 Å². The van der Waals surface area contributed by atoms with E-state index in [1.165, 1.54) is 12.8 Å². The molecule has 0 radical (unpaired) electrons. The van der Waals surface area contributed by atoms with Gasteiger partial charge < -0.3 is 4.90 Å². The van der Waals surface area contributed by atoms with Crippen molar-refractivity contribution in [3.8, 4) is 0 Å². The van der Waals surface area contributed by atoms with E-state index in [4.69, 9.17) is 11.6 Å². The number of nitrogens with zero attached hydrogens (tertiary/aromatic N) is 1. The first-order valence-electron chi connectivity index (χ1n) is 5.75. The maximum Gasteiger partial charge on any atom is 0.212 e. The van der Waals surface area contributed by atoms with Crippen LogP contribution in [0.1, 0.15) is 19.3 Å². The maximum atomic E-state index is 11.3. The van der Waals surface area contributed by atoms with Crippen molar-refractivity contribution in [2.45, 2.75) is 19.3 Å². The predicted octanol–water partition coefficient (Wildman–Crippen LogP) is 0.877. The second kappa shape index (κ2) is 6.79. The first-order valence-corrected chi connectivity index (χ1v) is 7.94. The Hall–Kier alpha value is 0.160. The van der Waals surface area contributed by atoms with Crippen LogP contribution in [0, 0.1) is 5.92 Å². The molecule has 0 saturated carbocycles. The minimum atomic E-state index is -3.14. The topological polar surface area (TPSA) is 49.4 Å². The molecule has 0 amide bonds. The lowest BCUT2D eigenvalue weighted by Crippen LogP contribution is -2.33. The third kappa shape index (κ3) is 5.48. The van der Waals surface area contributed by atoms with Gasteiger partial charge >= 0.3 is 0 Å². The Kier molecular flexibility index (Phi) is 6.03. The third-order valence-electron chi connectivity index (χ3n) is 3.06. The summed E-state index contributed by atoms with van der Waals surface area (Å²) in [6, 6.07) is 0. The molecule has 0 unspecified atom stereocenters. The number of likely N-dealkylation sites (tertiary alicyclic amines) is 1. The summed E-state index contributed by atoms with van der Waals surface area (Å²) in [5, 5.41) is 0. The van der Waals surface area contributed by atoms with Crippen molar-refractivity contribution >= 4 is 21.6 Å². The lowest BCUT2D eigenvalue weighted by molar-refractivity contribution is 0.213. The number of hydrogen-bond donors (Lipinski definition) is 1. The zero-order chi connectivity index (χ0) is 12.0. The standard InChI is InChI=1S/C10H21ClN2O2S/c1-13-7-3-10(4-8-13)2-6-12-16(14,15)9-5-11/h10,12H,2-9H2,1H3. The van der Waals surface area contributed by atoms with E-state index < -0.39 is 10.0 Å². The van der Waals surface area contributed by atoms with Gasteiger partial charge in [0.05, 0.1) is 5.75 Å². The molecule has 1 aliphatic rings. The summed E-state index contributed by atoms with van der Waals surface area (Å²) in [7, 11) is -1.01. The van der Waals surface area contributed by atoms with Crippen molar-refractivity contribution in [2.75, 3.05) is 38.3 Å². The molecule has 16 heavy (non-hydrogen) atoms. The zero-order valence-electron chi connectivity index (χ0n) is 9.78. The highest BCUT2D eigenvalue weighted by molar-refractivity contribution is 7.89. The van der Waals surface area contributed by atoms with E-state index in [0.717, 1.165) is 19.5 Å². The second-order valence-corrected chi connectivity index (χ2v) is 6.74. The van der Waals surface area contributed by atoms with Gasteiger partial charge in [-0.1, -0.05) is 0 Å². The third-order valence-corrected chi connectivity index (χ3v) is 4.86. The molecule has 1 heterocycles. The molecule has 0 bridgehead atoms. The number of hydrogen-bond acceptors (Lipinski definition) is 3. The number of piperidine rings is 1. The van der Waals surface area contributed by atoms with Gasteiger partial charge in [0.25, 0.3) is 0 Å². The molecule has 4 nitrogen and oxygen atoms in total. The van der Waals surface area contributed by atoms with E-state index in [0.29, 0.717) is 12.5 Å². The van der Waals surface area contributed by atoms with Crippen LogP contribution in [0.2, 0.25) is 0 Å². The van der Waals surface area contributed by atoms with Crippen molar-refractivity contribution in [3.05, 3.63) is 0 Å². The largest absolute Gasteiger partial charge is 0.306 e. The molecule has 0 aliphatic carbocycles. The van der Waals surface area contributed by atoms with Gasteiger partial charge in [0.15, 0.2) is 0 Å². The van der Waals surface area contributed by atoms with Crippen molar-refractivity contribution in [3.63, 3.8) is 0 Å². The van der Waals surface area contributed by atoms with Gasteiger partial charge in [-0.25, -0.2) is 13.1 Å². The van der Waals surface area contributed by atoms with E-state index in [1.807, 2.05) is 0 Å². The first kappa shape index (κ1) is 14.2.